The third-order valence-corrected chi connectivity index (χ3v) is 1.19. The van der Waals surface area contributed by atoms with Crippen molar-refractivity contribution in [2.75, 3.05) is 13.2 Å². The van der Waals surface area contributed by atoms with Crippen molar-refractivity contribution >= 4 is 0 Å². The van der Waals surface area contributed by atoms with Gasteiger partial charge in [-0.3, -0.25) is 0 Å². The lowest BCUT2D eigenvalue weighted by atomic mass is 10.4. The highest BCUT2D eigenvalue weighted by Crippen LogP contribution is 1.94. The van der Waals surface area contributed by atoms with Crippen molar-refractivity contribution < 1.29 is 9.47 Å². The molecule has 0 aromatic carbocycles. The Bertz CT molecular complexity index is 95.2. The van der Waals surface area contributed by atoms with Crippen molar-refractivity contribution in [3.05, 3.63) is 0 Å². The van der Waals surface area contributed by atoms with Gasteiger partial charge in [-0.1, -0.05) is 0 Å². The van der Waals surface area contributed by atoms with Gasteiger partial charge in [0.25, 0.3) is 0 Å². The van der Waals surface area contributed by atoms with Crippen LogP contribution in [0.2, 0.25) is 0 Å². The van der Waals surface area contributed by atoms with E-state index in [1.54, 1.807) is 0 Å². The lowest BCUT2D eigenvalue weighted by Crippen LogP contribution is -2.29. The van der Waals surface area contributed by atoms with E-state index < -0.39 is 0 Å². The first-order valence-electron chi connectivity index (χ1n) is 4.26. The monoisotopic (exact) mass is 176 g/mol. The highest BCUT2D eigenvalue weighted by Gasteiger charge is 2.04. The van der Waals surface area contributed by atoms with E-state index in [2.05, 4.69) is 0 Å². The molecular weight excluding hydrogens is 156 g/mol. The van der Waals surface area contributed by atoms with E-state index in [0.717, 1.165) is 0 Å². The van der Waals surface area contributed by atoms with Crippen molar-refractivity contribution in [2.24, 2.45) is 11.5 Å². The SMILES string of the molecule is CC(N)COC(C)OCC(C)N. The highest BCUT2D eigenvalue weighted by atomic mass is 16.7. The second-order valence-electron chi connectivity index (χ2n) is 3.19. The molecule has 0 heterocycles. The van der Waals surface area contributed by atoms with Gasteiger partial charge in [0.1, 0.15) is 0 Å². The molecule has 0 aliphatic heterocycles. The Morgan fingerprint density at radius 2 is 1.25 bits per heavy atom. The van der Waals surface area contributed by atoms with Crippen LogP contribution in [0.15, 0.2) is 0 Å². The van der Waals surface area contributed by atoms with E-state index in [0.29, 0.717) is 13.2 Å². The Morgan fingerprint density at radius 1 is 0.917 bits per heavy atom. The molecule has 2 unspecified atom stereocenters. The average molecular weight is 176 g/mol. The maximum absolute atomic E-state index is 5.49. The first-order valence-corrected chi connectivity index (χ1v) is 4.26. The maximum Gasteiger partial charge on any atom is 0.154 e. The van der Waals surface area contributed by atoms with Gasteiger partial charge in [-0.25, -0.2) is 0 Å². The molecule has 0 saturated heterocycles. The third kappa shape index (κ3) is 7.94. The van der Waals surface area contributed by atoms with Crippen molar-refractivity contribution in [2.45, 2.75) is 39.1 Å². The molecule has 0 aromatic heterocycles. The summed E-state index contributed by atoms with van der Waals surface area (Å²) in [5, 5.41) is 0. The van der Waals surface area contributed by atoms with Crippen LogP contribution >= 0.6 is 0 Å². The number of hydrogen-bond donors (Lipinski definition) is 2. The van der Waals surface area contributed by atoms with Gasteiger partial charge in [0, 0.05) is 12.1 Å². The fraction of sp³-hybridized carbons (Fsp3) is 1.00. The summed E-state index contributed by atoms with van der Waals surface area (Å²) in [5.41, 5.74) is 11.0. The Labute approximate surface area is 74.2 Å². The minimum absolute atomic E-state index is 0.0475. The summed E-state index contributed by atoms with van der Waals surface area (Å²) in [6.07, 6.45) is -0.220. The summed E-state index contributed by atoms with van der Waals surface area (Å²) in [5.74, 6) is 0. The minimum atomic E-state index is -0.220. The van der Waals surface area contributed by atoms with Crippen LogP contribution in [0, 0.1) is 0 Å². The largest absolute Gasteiger partial charge is 0.351 e. The molecule has 0 fully saturated rings. The van der Waals surface area contributed by atoms with E-state index in [9.17, 15) is 0 Å². The normalized spacial score (nSPS) is 18.8. The topological polar surface area (TPSA) is 70.5 Å². The summed E-state index contributed by atoms with van der Waals surface area (Å²) >= 11 is 0. The van der Waals surface area contributed by atoms with Crippen LogP contribution in [0.4, 0.5) is 0 Å². The molecule has 4 N–H and O–H groups in total. The van der Waals surface area contributed by atoms with Gasteiger partial charge in [0.2, 0.25) is 0 Å². The van der Waals surface area contributed by atoms with Gasteiger partial charge in [-0.15, -0.1) is 0 Å². The fourth-order valence-electron chi connectivity index (χ4n) is 0.623. The van der Waals surface area contributed by atoms with Gasteiger partial charge in [0.05, 0.1) is 13.2 Å². The number of hydrogen-bond acceptors (Lipinski definition) is 4. The summed E-state index contributed by atoms with van der Waals surface area (Å²) < 4.78 is 10.5. The zero-order valence-corrected chi connectivity index (χ0v) is 8.12. The van der Waals surface area contributed by atoms with Gasteiger partial charge < -0.3 is 20.9 Å². The van der Waals surface area contributed by atoms with Crippen molar-refractivity contribution in [3.8, 4) is 0 Å². The smallest absolute Gasteiger partial charge is 0.154 e. The molecule has 0 aliphatic carbocycles. The molecule has 0 rings (SSSR count). The van der Waals surface area contributed by atoms with Gasteiger partial charge in [0.15, 0.2) is 6.29 Å². The number of nitrogens with two attached hydrogens (primary N) is 2. The Hall–Kier alpha value is -0.160. The number of rotatable bonds is 6. The second-order valence-corrected chi connectivity index (χ2v) is 3.19. The predicted molar refractivity (Wildman–Crippen MR) is 48.7 cm³/mol. The first-order chi connectivity index (χ1) is 5.52. The molecule has 0 amide bonds. The standard InChI is InChI=1S/C8H20N2O2/c1-6(9)4-11-8(3)12-5-7(2)10/h6-8H,4-5,9-10H2,1-3H3. The summed E-state index contributed by atoms with van der Waals surface area (Å²) in [7, 11) is 0. The molecule has 0 aliphatic rings. The molecule has 2 atom stereocenters. The second kappa shape index (κ2) is 6.37. The molecule has 0 saturated carbocycles. The summed E-state index contributed by atoms with van der Waals surface area (Å²) in [4.78, 5) is 0. The van der Waals surface area contributed by atoms with Crippen molar-refractivity contribution in [1.29, 1.82) is 0 Å². The quantitative estimate of drug-likeness (QED) is 0.561. The molecule has 0 bridgehead atoms. The third-order valence-electron chi connectivity index (χ3n) is 1.19. The average Bonchev–Trinajstić information content (AvgIpc) is 1.96. The van der Waals surface area contributed by atoms with Crippen LogP contribution in [-0.2, 0) is 9.47 Å². The highest BCUT2D eigenvalue weighted by molar-refractivity contribution is 4.51. The van der Waals surface area contributed by atoms with E-state index >= 15 is 0 Å². The van der Waals surface area contributed by atoms with Crippen LogP contribution < -0.4 is 11.5 Å². The molecule has 12 heavy (non-hydrogen) atoms. The lowest BCUT2D eigenvalue weighted by molar-refractivity contribution is -0.134. The first kappa shape index (κ1) is 11.8. The Kier molecular flexibility index (Phi) is 6.28. The minimum Gasteiger partial charge on any atom is -0.351 e. The fourth-order valence-corrected chi connectivity index (χ4v) is 0.623. The predicted octanol–water partition coefficient (Wildman–Crippen LogP) is 0.0600. The van der Waals surface area contributed by atoms with E-state index in [4.69, 9.17) is 20.9 Å². The van der Waals surface area contributed by atoms with Crippen molar-refractivity contribution in [3.63, 3.8) is 0 Å². The summed E-state index contributed by atoms with van der Waals surface area (Å²) in [6.45, 7) is 6.64. The van der Waals surface area contributed by atoms with Gasteiger partial charge >= 0.3 is 0 Å². The molecule has 74 valence electrons. The Balaban J connectivity index is 3.27. The van der Waals surface area contributed by atoms with Crippen LogP contribution in [0.5, 0.6) is 0 Å². The molecule has 4 heteroatoms. The van der Waals surface area contributed by atoms with Crippen LogP contribution in [0.1, 0.15) is 20.8 Å². The molecule has 0 spiro atoms. The lowest BCUT2D eigenvalue weighted by Gasteiger charge is -2.16. The van der Waals surface area contributed by atoms with Crippen molar-refractivity contribution in [1.82, 2.24) is 0 Å². The van der Waals surface area contributed by atoms with Crippen LogP contribution in [0.3, 0.4) is 0 Å². The summed E-state index contributed by atoms with van der Waals surface area (Å²) in [6, 6.07) is 0.0951. The molecule has 0 radical (unpaired) electrons. The van der Waals surface area contributed by atoms with E-state index in [1.165, 1.54) is 0 Å². The van der Waals surface area contributed by atoms with Crippen LogP contribution in [-0.4, -0.2) is 31.6 Å². The zero-order chi connectivity index (χ0) is 9.56. The Morgan fingerprint density at radius 3 is 1.50 bits per heavy atom. The van der Waals surface area contributed by atoms with E-state index in [-0.39, 0.29) is 18.4 Å². The van der Waals surface area contributed by atoms with E-state index in [1.807, 2.05) is 20.8 Å². The maximum atomic E-state index is 5.49. The zero-order valence-electron chi connectivity index (χ0n) is 8.12. The molecule has 0 aromatic rings. The van der Waals surface area contributed by atoms with Gasteiger partial charge in [-0.05, 0) is 20.8 Å². The molecule has 4 nitrogen and oxygen atoms in total. The molecular formula is C8H20N2O2. The van der Waals surface area contributed by atoms with Crippen LogP contribution in [0.25, 0.3) is 0 Å². The number of ether oxygens (including phenoxy) is 2. The van der Waals surface area contributed by atoms with Gasteiger partial charge in [-0.2, -0.15) is 0 Å².